The molecule has 3 rings (SSSR count). The molecule has 1 amide bonds. The van der Waals surface area contributed by atoms with E-state index in [0.29, 0.717) is 11.3 Å². The van der Waals surface area contributed by atoms with Crippen molar-refractivity contribution in [2.75, 3.05) is 0 Å². The highest BCUT2D eigenvalue weighted by Gasteiger charge is 2.07. The van der Waals surface area contributed by atoms with E-state index >= 15 is 0 Å². The Morgan fingerprint density at radius 3 is 2.73 bits per heavy atom. The molecule has 0 saturated heterocycles. The Labute approximate surface area is 174 Å². The average molecular weight is 406 g/mol. The van der Waals surface area contributed by atoms with E-state index in [1.54, 1.807) is 42.6 Å². The molecule has 0 bridgehead atoms. The number of benzene rings is 2. The minimum Gasteiger partial charge on any atom is -0.508 e. The van der Waals surface area contributed by atoms with Gasteiger partial charge in [0, 0.05) is 18.3 Å². The number of carbonyl (C=O) groups is 1. The molecular formula is C24H23FN2O3. The lowest BCUT2D eigenvalue weighted by molar-refractivity contribution is -0.117. The minimum absolute atomic E-state index is 0.0250. The summed E-state index contributed by atoms with van der Waals surface area (Å²) in [6.07, 6.45) is 7.59. The smallest absolute Gasteiger partial charge is 0.244 e. The standard InChI is InChI=1S/C24H23FN2O3/c1-17(4-5-18-6-10-20(28)11-7-18)27-24(29)13-9-19-8-12-23(22(25)15-19)30-21-3-2-14-26-16-21/h2-3,6-17,28H,4-5H2,1H3,(H,27,29)/b13-9+. The molecule has 0 aliphatic rings. The molecule has 3 aromatic rings. The first-order chi connectivity index (χ1) is 14.5. The van der Waals surface area contributed by atoms with Gasteiger partial charge in [0.25, 0.3) is 0 Å². The zero-order chi connectivity index (χ0) is 21.3. The van der Waals surface area contributed by atoms with Crippen LogP contribution in [0.4, 0.5) is 4.39 Å². The number of nitrogens with zero attached hydrogens (tertiary/aromatic N) is 1. The molecular weight excluding hydrogens is 383 g/mol. The SMILES string of the molecule is CC(CCc1ccc(O)cc1)NC(=O)/C=C/c1ccc(Oc2cccnc2)c(F)c1. The fourth-order valence-corrected chi connectivity index (χ4v) is 2.82. The Balaban J connectivity index is 1.50. The van der Waals surface area contributed by atoms with Crippen LogP contribution in [0.25, 0.3) is 6.08 Å². The Kier molecular flexibility index (Phi) is 7.16. The van der Waals surface area contributed by atoms with Gasteiger partial charge in [-0.25, -0.2) is 4.39 Å². The predicted octanol–water partition coefficient (Wildman–Crippen LogP) is 4.87. The van der Waals surface area contributed by atoms with E-state index in [-0.39, 0.29) is 23.4 Å². The van der Waals surface area contributed by atoms with Crippen molar-refractivity contribution in [3.8, 4) is 17.2 Å². The van der Waals surface area contributed by atoms with Gasteiger partial charge in [0.2, 0.25) is 5.91 Å². The molecule has 1 aromatic heterocycles. The summed E-state index contributed by atoms with van der Waals surface area (Å²) in [5, 5.41) is 12.2. The molecule has 2 aromatic carbocycles. The highest BCUT2D eigenvalue weighted by atomic mass is 19.1. The molecule has 0 saturated carbocycles. The first-order valence-electron chi connectivity index (χ1n) is 9.63. The molecule has 6 heteroatoms. The summed E-state index contributed by atoms with van der Waals surface area (Å²) >= 11 is 0. The summed E-state index contributed by atoms with van der Waals surface area (Å²) in [7, 11) is 0. The highest BCUT2D eigenvalue weighted by Crippen LogP contribution is 2.24. The van der Waals surface area contributed by atoms with E-state index in [9.17, 15) is 14.3 Å². The summed E-state index contributed by atoms with van der Waals surface area (Å²) in [5.41, 5.74) is 1.64. The Morgan fingerprint density at radius 1 is 1.23 bits per heavy atom. The first-order valence-corrected chi connectivity index (χ1v) is 9.63. The number of aromatic hydroxyl groups is 1. The van der Waals surface area contributed by atoms with Crippen molar-refractivity contribution in [1.82, 2.24) is 10.3 Å². The molecule has 0 aliphatic heterocycles. The maximum absolute atomic E-state index is 14.3. The van der Waals surface area contributed by atoms with Gasteiger partial charge < -0.3 is 15.2 Å². The Morgan fingerprint density at radius 2 is 2.03 bits per heavy atom. The molecule has 30 heavy (non-hydrogen) atoms. The topological polar surface area (TPSA) is 71.5 Å². The number of aromatic nitrogens is 1. The highest BCUT2D eigenvalue weighted by molar-refractivity contribution is 5.91. The van der Waals surface area contributed by atoms with Gasteiger partial charge in [0.1, 0.15) is 11.5 Å². The summed E-state index contributed by atoms with van der Waals surface area (Å²) in [5.74, 6) is -0.000798. The number of ether oxygens (including phenoxy) is 1. The van der Waals surface area contributed by atoms with E-state index in [1.807, 2.05) is 19.1 Å². The predicted molar refractivity (Wildman–Crippen MR) is 114 cm³/mol. The molecule has 1 heterocycles. The second-order valence-corrected chi connectivity index (χ2v) is 6.93. The minimum atomic E-state index is -0.524. The van der Waals surface area contributed by atoms with Crippen LogP contribution in [0, 0.1) is 5.82 Å². The summed E-state index contributed by atoms with van der Waals surface area (Å²) < 4.78 is 19.7. The van der Waals surface area contributed by atoms with Crippen molar-refractivity contribution in [3.63, 3.8) is 0 Å². The maximum atomic E-state index is 14.3. The lowest BCUT2D eigenvalue weighted by Crippen LogP contribution is -2.31. The normalized spacial score (nSPS) is 11.9. The number of aryl methyl sites for hydroxylation is 1. The van der Waals surface area contributed by atoms with E-state index in [1.165, 1.54) is 24.4 Å². The van der Waals surface area contributed by atoms with Gasteiger partial charge in [-0.15, -0.1) is 0 Å². The monoisotopic (exact) mass is 406 g/mol. The number of rotatable bonds is 8. The third-order valence-corrected chi connectivity index (χ3v) is 4.44. The summed E-state index contributed by atoms with van der Waals surface area (Å²) in [4.78, 5) is 16.0. The molecule has 0 spiro atoms. The second kappa shape index (κ2) is 10.2. The first kappa shape index (κ1) is 21.0. The van der Waals surface area contributed by atoms with E-state index in [0.717, 1.165) is 18.4 Å². The third kappa shape index (κ3) is 6.44. The fraction of sp³-hybridized carbons (Fsp3) is 0.167. The van der Waals surface area contributed by atoms with Gasteiger partial charge in [-0.3, -0.25) is 9.78 Å². The van der Waals surface area contributed by atoms with Gasteiger partial charge in [-0.1, -0.05) is 18.2 Å². The van der Waals surface area contributed by atoms with Crippen molar-refractivity contribution < 1.29 is 19.0 Å². The van der Waals surface area contributed by atoms with Crippen LogP contribution in [-0.4, -0.2) is 22.0 Å². The van der Waals surface area contributed by atoms with Crippen molar-refractivity contribution in [3.05, 3.63) is 90.0 Å². The zero-order valence-corrected chi connectivity index (χ0v) is 16.6. The van der Waals surface area contributed by atoms with Crippen molar-refractivity contribution in [1.29, 1.82) is 0 Å². The van der Waals surface area contributed by atoms with Crippen LogP contribution >= 0.6 is 0 Å². The van der Waals surface area contributed by atoms with E-state index < -0.39 is 5.82 Å². The fourth-order valence-electron chi connectivity index (χ4n) is 2.82. The van der Waals surface area contributed by atoms with Crippen LogP contribution < -0.4 is 10.1 Å². The molecule has 1 atom stereocenters. The average Bonchev–Trinajstić information content (AvgIpc) is 2.74. The summed E-state index contributed by atoms with van der Waals surface area (Å²) in [6, 6.07) is 14.9. The number of phenols is 1. The molecule has 0 fully saturated rings. The number of pyridine rings is 1. The number of amides is 1. The van der Waals surface area contributed by atoms with Gasteiger partial charge in [-0.2, -0.15) is 0 Å². The molecule has 5 nitrogen and oxygen atoms in total. The Hall–Kier alpha value is -3.67. The second-order valence-electron chi connectivity index (χ2n) is 6.93. The molecule has 1 unspecified atom stereocenters. The van der Waals surface area contributed by atoms with Gasteiger partial charge in [-0.05, 0) is 73.4 Å². The largest absolute Gasteiger partial charge is 0.508 e. The number of hydrogen-bond donors (Lipinski definition) is 2. The van der Waals surface area contributed by atoms with Crippen molar-refractivity contribution in [2.45, 2.75) is 25.8 Å². The van der Waals surface area contributed by atoms with E-state index in [4.69, 9.17) is 4.74 Å². The van der Waals surface area contributed by atoms with Crippen LogP contribution in [0.5, 0.6) is 17.2 Å². The van der Waals surface area contributed by atoms with Gasteiger partial charge in [0.15, 0.2) is 11.6 Å². The quantitative estimate of drug-likeness (QED) is 0.524. The maximum Gasteiger partial charge on any atom is 0.244 e. The Bertz CT molecular complexity index is 1000. The van der Waals surface area contributed by atoms with E-state index in [2.05, 4.69) is 10.3 Å². The molecule has 154 valence electrons. The zero-order valence-electron chi connectivity index (χ0n) is 16.6. The number of halogens is 1. The number of carbonyl (C=O) groups excluding carboxylic acids is 1. The van der Waals surface area contributed by atoms with Crippen LogP contribution in [-0.2, 0) is 11.2 Å². The third-order valence-electron chi connectivity index (χ3n) is 4.44. The van der Waals surface area contributed by atoms with Crippen LogP contribution in [0.2, 0.25) is 0 Å². The van der Waals surface area contributed by atoms with Crippen LogP contribution in [0.3, 0.4) is 0 Å². The molecule has 2 N–H and O–H groups in total. The van der Waals surface area contributed by atoms with Crippen molar-refractivity contribution >= 4 is 12.0 Å². The lowest BCUT2D eigenvalue weighted by atomic mass is 10.1. The number of phenolic OH excluding ortho intramolecular Hbond substituents is 1. The number of hydrogen-bond acceptors (Lipinski definition) is 4. The molecule has 0 aliphatic carbocycles. The van der Waals surface area contributed by atoms with Gasteiger partial charge in [0.05, 0.1) is 6.20 Å². The van der Waals surface area contributed by atoms with Gasteiger partial charge >= 0.3 is 0 Å². The van der Waals surface area contributed by atoms with Crippen molar-refractivity contribution in [2.24, 2.45) is 0 Å². The van der Waals surface area contributed by atoms with Crippen LogP contribution in [0.15, 0.2) is 73.1 Å². The molecule has 0 radical (unpaired) electrons. The number of nitrogens with one attached hydrogen (secondary N) is 1. The lowest BCUT2D eigenvalue weighted by Gasteiger charge is -2.12. The van der Waals surface area contributed by atoms with Crippen LogP contribution in [0.1, 0.15) is 24.5 Å². The summed E-state index contributed by atoms with van der Waals surface area (Å²) in [6.45, 7) is 1.93.